The van der Waals surface area contributed by atoms with Crippen molar-refractivity contribution < 1.29 is 13.9 Å². The summed E-state index contributed by atoms with van der Waals surface area (Å²) in [5, 5.41) is 0. The first-order valence-corrected chi connectivity index (χ1v) is 6.84. The topological polar surface area (TPSA) is 42.7 Å². The smallest absolute Gasteiger partial charge is 0.256 e. The van der Waals surface area contributed by atoms with Gasteiger partial charge in [-0.2, -0.15) is 0 Å². The van der Waals surface area contributed by atoms with E-state index in [-0.39, 0.29) is 12.0 Å². The first-order valence-electron chi connectivity index (χ1n) is 6.84. The number of carbonyl (C=O) groups excluding carboxylic acids is 1. The van der Waals surface area contributed by atoms with E-state index in [0.29, 0.717) is 13.2 Å². The number of hydrogen-bond acceptors (Lipinski definition) is 3. The Morgan fingerprint density at radius 1 is 1.25 bits per heavy atom. The predicted molar refractivity (Wildman–Crippen MR) is 75.3 cm³/mol. The molecule has 1 aliphatic rings. The zero-order chi connectivity index (χ0) is 13.8. The minimum Gasteiger partial charge on any atom is -0.472 e. The zero-order valence-corrected chi connectivity index (χ0v) is 11.2. The van der Waals surface area contributed by atoms with Gasteiger partial charge in [-0.1, -0.05) is 18.2 Å². The number of ether oxygens (including phenoxy) is 1. The second-order valence-corrected chi connectivity index (χ2v) is 4.89. The molecule has 0 aliphatic carbocycles. The number of para-hydroxylation sites is 1. The van der Waals surface area contributed by atoms with Gasteiger partial charge >= 0.3 is 0 Å². The molecule has 2 heterocycles. The summed E-state index contributed by atoms with van der Waals surface area (Å²) in [7, 11) is 0. The van der Waals surface area contributed by atoms with Crippen molar-refractivity contribution in [3.63, 3.8) is 0 Å². The highest BCUT2D eigenvalue weighted by atomic mass is 16.5. The zero-order valence-electron chi connectivity index (χ0n) is 11.2. The molecule has 0 unspecified atom stereocenters. The SMILES string of the molecule is O=C([C@@H]1CCCO1)N(Cc1ccoc1)c1ccccc1. The van der Waals surface area contributed by atoms with Crippen molar-refractivity contribution in [3.8, 4) is 0 Å². The van der Waals surface area contributed by atoms with Gasteiger partial charge in [0.25, 0.3) is 5.91 Å². The molecular formula is C16H17NO3. The molecule has 0 N–H and O–H groups in total. The molecule has 4 heteroatoms. The number of hydrogen-bond donors (Lipinski definition) is 0. The van der Waals surface area contributed by atoms with Crippen molar-refractivity contribution in [1.29, 1.82) is 0 Å². The molecular weight excluding hydrogens is 254 g/mol. The maximum Gasteiger partial charge on any atom is 0.256 e. The Morgan fingerprint density at radius 2 is 2.10 bits per heavy atom. The van der Waals surface area contributed by atoms with Gasteiger partial charge in [0.05, 0.1) is 19.1 Å². The lowest BCUT2D eigenvalue weighted by Crippen LogP contribution is -2.38. The Morgan fingerprint density at radius 3 is 2.75 bits per heavy atom. The molecule has 0 radical (unpaired) electrons. The number of rotatable bonds is 4. The molecule has 3 rings (SSSR count). The molecule has 20 heavy (non-hydrogen) atoms. The molecule has 2 aromatic rings. The normalized spacial score (nSPS) is 18.1. The second-order valence-electron chi connectivity index (χ2n) is 4.89. The molecule has 0 bridgehead atoms. The predicted octanol–water partition coefficient (Wildman–Crippen LogP) is 2.99. The minimum atomic E-state index is -0.317. The van der Waals surface area contributed by atoms with Crippen LogP contribution in [0.5, 0.6) is 0 Å². The molecule has 104 valence electrons. The number of nitrogens with zero attached hydrogens (tertiary/aromatic N) is 1. The van der Waals surface area contributed by atoms with Crippen LogP contribution in [0.1, 0.15) is 18.4 Å². The van der Waals surface area contributed by atoms with Crippen LogP contribution in [0.4, 0.5) is 5.69 Å². The lowest BCUT2D eigenvalue weighted by molar-refractivity contribution is -0.127. The van der Waals surface area contributed by atoms with Crippen LogP contribution in [0.15, 0.2) is 53.3 Å². The van der Waals surface area contributed by atoms with Crippen molar-refractivity contribution in [3.05, 3.63) is 54.5 Å². The summed E-state index contributed by atoms with van der Waals surface area (Å²) in [6.07, 6.45) is 4.72. The molecule has 1 fully saturated rings. The average Bonchev–Trinajstić information content (AvgIpc) is 3.18. The van der Waals surface area contributed by atoms with E-state index >= 15 is 0 Å². The van der Waals surface area contributed by atoms with Crippen LogP contribution in [0.3, 0.4) is 0 Å². The first kappa shape index (κ1) is 12.9. The van der Waals surface area contributed by atoms with E-state index in [1.54, 1.807) is 17.4 Å². The fraction of sp³-hybridized carbons (Fsp3) is 0.312. The van der Waals surface area contributed by atoms with Crippen molar-refractivity contribution in [1.82, 2.24) is 0 Å². The molecule has 4 nitrogen and oxygen atoms in total. The van der Waals surface area contributed by atoms with Gasteiger partial charge in [0, 0.05) is 17.9 Å². The summed E-state index contributed by atoms with van der Waals surface area (Å²) < 4.78 is 10.6. The highest BCUT2D eigenvalue weighted by Crippen LogP contribution is 2.22. The van der Waals surface area contributed by atoms with E-state index in [2.05, 4.69) is 0 Å². The maximum absolute atomic E-state index is 12.6. The molecule has 1 saturated heterocycles. The van der Waals surface area contributed by atoms with Gasteiger partial charge in [-0.25, -0.2) is 0 Å². The van der Waals surface area contributed by atoms with Crippen LogP contribution < -0.4 is 4.90 Å². The second kappa shape index (κ2) is 5.92. The Hall–Kier alpha value is -2.07. The van der Waals surface area contributed by atoms with Gasteiger partial charge in [-0.05, 0) is 31.0 Å². The third-order valence-corrected chi connectivity index (χ3v) is 3.46. The molecule has 1 aromatic carbocycles. The number of anilines is 1. The molecule has 1 atom stereocenters. The summed E-state index contributed by atoms with van der Waals surface area (Å²) in [5.74, 6) is 0.0231. The monoisotopic (exact) mass is 271 g/mol. The molecule has 0 saturated carbocycles. The maximum atomic E-state index is 12.6. The van der Waals surface area contributed by atoms with E-state index in [9.17, 15) is 4.79 Å². The van der Waals surface area contributed by atoms with E-state index in [4.69, 9.17) is 9.15 Å². The number of furan rings is 1. The van der Waals surface area contributed by atoms with Crippen molar-refractivity contribution in [2.45, 2.75) is 25.5 Å². The van der Waals surface area contributed by atoms with Gasteiger partial charge in [0.1, 0.15) is 6.10 Å². The van der Waals surface area contributed by atoms with Crippen LogP contribution in [0.2, 0.25) is 0 Å². The molecule has 1 aliphatic heterocycles. The van der Waals surface area contributed by atoms with Gasteiger partial charge in [-0.15, -0.1) is 0 Å². The van der Waals surface area contributed by atoms with E-state index < -0.39 is 0 Å². The summed E-state index contributed by atoms with van der Waals surface area (Å²) in [6, 6.07) is 11.6. The first-order chi connectivity index (χ1) is 9.84. The highest BCUT2D eigenvalue weighted by Gasteiger charge is 2.29. The highest BCUT2D eigenvalue weighted by molar-refractivity contribution is 5.96. The summed E-state index contributed by atoms with van der Waals surface area (Å²) in [6.45, 7) is 1.17. The third-order valence-electron chi connectivity index (χ3n) is 3.46. The number of amides is 1. The Bertz CT molecular complexity index is 544. The minimum absolute atomic E-state index is 0.0231. The van der Waals surface area contributed by atoms with Crippen LogP contribution >= 0.6 is 0 Å². The third kappa shape index (κ3) is 2.75. The Balaban J connectivity index is 1.84. The Kier molecular flexibility index (Phi) is 3.83. The van der Waals surface area contributed by atoms with E-state index in [1.165, 1.54) is 0 Å². The quantitative estimate of drug-likeness (QED) is 0.858. The fourth-order valence-corrected chi connectivity index (χ4v) is 2.42. The number of carbonyl (C=O) groups is 1. The van der Waals surface area contributed by atoms with Crippen LogP contribution in [0, 0.1) is 0 Å². The van der Waals surface area contributed by atoms with Gasteiger partial charge < -0.3 is 14.1 Å². The van der Waals surface area contributed by atoms with Gasteiger partial charge in [0.2, 0.25) is 0 Å². The largest absolute Gasteiger partial charge is 0.472 e. The van der Waals surface area contributed by atoms with Crippen molar-refractivity contribution >= 4 is 11.6 Å². The summed E-state index contributed by atoms with van der Waals surface area (Å²) >= 11 is 0. The number of benzene rings is 1. The molecule has 1 aromatic heterocycles. The van der Waals surface area contributed by atoms with Crippen LogP contribution in [-0.2, 0) is 16.1 Å². The van der Waals surface area contributed by atoms with Crippen LogP contribution in [-0.4, -0.2) is 18.6 Å². The van der Waals surface area contributed by atoms with Crippen molar-refractivity contribution in [2.75, 3.05) is 11.5 Å². The average molecular weight is 271 g/mol. The molecule has 1 amide bonds. The molecule has 0 spiro atoms. The van der Waals surface area contributed by atoms with Crippen molar-refractivity contribution in [2.24, 2.45) is 0 Å². The standard InChI is InChI=1S/C16H17NO3/c18-16(15-7-4-9-20-15)17(11-13-8-10-19-12-13)14-5-2-1-3-6-14/h1-3,5-6,8,10,12,15H,4,7,9,11H2/t15-/m0/s1. The summed E-state index contributed by atoms with van der Waals surface area (Å²) in [5.41, 5.74) is 1.86. The van der Waals surface area contributed by atoms with Crippen LogP contribution in [0.25, 0.3) is 0 Å². The van der Waals surface area contributed by atoms with Gasteiger partial charge in [0.15, 0.2) is 0 Å². The lowest BCUT2D eigenvalue weighted by Gasteiger charge is -2.25. The van der Waals surface area contributed by atoms with E-state index in [0.717, 1.165) is 24.1 Å². The van der Waals surface area contributed by atoms with E-state index in [1.807, 2.05) is 36.4 Å². The van der Waals surface area contributed by atoms with Gasteiger partial charge in [-0.3, -0.25) is 4.79 Å². The lowest BCUT2D eigenvalue weighted by atomic mass is 10.1. The summed E-state index contributed by atoms with van der Waals surface area (Å²) in [4.78, 5) is 14.4. The fourth-order valence-electron chi connectivity index (χ4n) is 2.42. The Labute approximate surface area is 118 Å².